The topological polar surface area (TPSA) is 41.9 Å². The predicted molar refractivity (Wildman–Crippen MR) is 111 cm³/mol. The molecule has 1 heterocycles. The molecule has 4 rings (SSSR count). The number of rotatable bonds is 6. The van der Waals surface area contributed by atoms with Crippen LogP contribution in [0.3, 0.4) is 0 Å². The van der Waals surface area contributed by atoms with Crippen LogP contribution in [0.2, 0.25) is 5.02 Å². The van der Waals surface area contributed by atoms with E-state index in [-0.39, 0.29) is 30.3 Å². The van der Waals surface area contributed by atoms with E-state index in [1.165, 1.54) is 6.07 Å². The van der Waals surface area contributed by atoms with Gasteiger partial charge in [0.15, 0.2) is 6.10 Å². The number of halogens is 2. The fraction of sp³-hybridized carbons (Fsp3) is 0.391. The second kappa shape index (κ2) is 8.95. The normalized spacial score (nSPS) is 19.1. The molecular weight excluding hydrogens is 391 g/mol. The number of carbonyl (C=O) groups excluding carboxylic acids is 1. The van der Waals surface area contributed by atoms with Gasteiger partial charge < -0.3 is 9.74 Å². The summed E-state index contributed by atoms with van der Waals surface area (Å²) in [6.45, 7) is 0.615. The maximum absolute atomic E-state index is 14.2. The molecule has 0 radical (unpaired) electrons. The Bertz CT molecular complexity index is 911. The largest absolute Gasteiger partial charge is 0.390 e. The molecule has 6 heteroatoms. The van der Waals surface area contributed by atoms with Crippen LogP contribution in [0.15, 0.2) is 53.7 Å². The van der Waals surface area contributed by atoms with Gasteiger partial charge in [0.05, 0.1) is 12.3 Å². The van der Waals surface area contributed by atoms with E-state index < -0.39 is 0 Å². The van der Waals surface area contributed by atoms with Gasteiger partial charge in [-0.05, 0) is 25.0 Å². The third-order valence-electron chi connectivity index (χ3n) is 5.68. The molecule has 0 aromatic heterocycles. The van der Waals surface area contributed by atoms with Crippen molar-refractivity contribution in [2.45, 2.75) is 44.8 Å². The molecule has 1 saturated carbocycles. The van der Waals surface area contributed by atoms with Crippen LogP contribution in [0.1, 0.15) is 43.2 Å². The zero-order chi connectivity index (χ0) is 20.2. The Hall–Kier alpha value is -2.40. The summed E-state index contributed by atoms with van der Waals surface area (Å²) in [6, 6.07) is 14.1. The lowest BCUT2D eigenvalue weighted by atomic mass is 10.0. The Morgan fingerprint density at radius 1 is 1.14 bits per heavy atom. The first-order valence-corrected chi connectivity index (χ1v) is 10.5. The lowest BCUT2D eigenvalue weighted by Gasteiger charge is -2.27. The first-order chi connectivity index (χ1) is 14.1. The fourth-order valence-electron chi connectivity index (χ4n) is 4.12. The van der Waals surface area contributed by atoms with Crippen molar-refractivity contribution >= 4 is 23.2 Å². The summed E-state index contributed by atoms with van der Waals surface area (Å²) in [5, 5.41) is 4.83. The second-order valence-electron chi connectivity index (χ2n) is 7.74. The molecule has 1 aliphatic heterocycles. The standard InChI is InChI=1S/C23H24ClFN2O2/c24-20-11-5-4-10-19(20)22-13-18(29-26-22)15-27(23(28)16-7-1-2-8-16)14-17-9-3-6-12-21(17)25/h3-6,9-12,16,18H,1-2,7-8,13-15H2/t18-/m1/s1. The molecule has 2 aromatic carbocycles. The average Bonchev–Trinajstić information content (AvgIpc) is 3.41. The van der Waals surface area contributed by atoms with Crippen molar-refractivity contribution in [1.82, 2.24) is 4.90 Å². The summed E-state index contributed by atoms with van der Waals surface area (Å²) in [5.74, 6) is -0.190. The highest BCUT2D eigenvalue weighted by Crippen LogP contribution is 2.29. The van der Waals surface area contributed by atoms with Crippen LogP contribution in [0.5, 0.6) is 0 Å². The zero-order valence-electron chi connectivity index (χ0n) is 16.2. The molecule has 1 atom stereocenters. The summed E-state index contributed by atoms with van der Waals surface area (Å²) < 4.78 is 14.2. The molecule has 1 amide bonds. The van der Waals surface area contributed by atoms with Gasteiger partial charge in [-0.15, -0.1) is 0 Å². The first kappa shape index (κ1) is 19.9. The predicted octanol–water partition coefficient (Wildman–Crippen LogP) is 5.19. The maximum atomic E-state index is 14.2. The number of benzene rings is 2. The lowest BCUT2D eigenvalue weighted by molar-refractivity contribution is -0.137. The highest BCUT2D eigenvalue weighted by Gasteiger charge is 2.32. The van der Waals surface area contributed by atoms with Gasteiger partial charge in [0.2, 0.25) is 5.91 Å². The second-order valence-corrected chi connectivity index (χ2v) is 8.15. The number of hydrogen-bond acceptors (Lipinski definition) is 3. The average molecular weight is 415 g/mol. The third-order valence-corrected chi connectivity index (χ3v) is 6.01. The van der Waals surface area contributed by atoms with E-state index in [0.29, 0.717) is 23.6 Å². The van der Waals surface area contributed by atoms with E-state index in [1.54, 1.807) is 23.1 Å². The zero-order valence-corrected chi connectivity index (χ0v) is 16.9. The summed E-state index contributed by atoms with van der Waals surface area (Å²) in [7, 11) is 0. The summed E-state index contributed by atoms with van der Waals surface area (Å²) in [5.41, 5.74) is 2.14. The minimum atomic E-state index is -0.294. The van der Waals surface area contributed by atoms with Gasteiger partial charge in [-0.1, -0.05) is 66.0 Å². The number of hydrogen-bond donors (Lipinski definition) is 0. The van der Waals surface area contributed by atoms with Crippen molar-refractivity contribution in [1.29, 1.82) is 0 Å². The van der Waals surface area contributed by atoms with Crippen molar-refractivity contribution in [2.75, 3.05) is 6.54 Å². The first-order valence-electron chi connectivity index (χ1n) is 10.1. The third kappa shape index (κ3) is 4.61. The Morgan fingerprint density at radius 3 is 2.62 bits per heavy atom. The molecule has 1 aliphatic carbocycles. The van der Waals surface area contributed by atoms with E-state index in [4.69, 9.17) is 16.4 Å². The monoisotopic (exact) mass is 414 g/mol. The molecule has 0 saturated heterocycles. The highest BCUT2D eigenvalue weighted by atomic mass is 35.5. The van der Waals surface area contributed by atoms with Crippen molar-refractivity contribution in [2.24, 2.45) is 11.1 Å². The van der Waals surface area contributed by atoms with E-state index in [2.05, 4.69) is 5.16 Å². The van der Waals surface area contributed by atoms with Gasteiger partial charge in [-0.25, -0.2) is 4.39 Å². The minimum Gasteiger partial charge on any atom is -0.390 e. The van der Waals surface area contributed by atoms with Crippen LogP contribution in [0.4, 0.5) is 4.39 Å². The Kier molecular flexibility index (Phi) is 6.14. The SMILES string of the molecule is O=C(C1CCCC1)N(Cc1ccccc1F)C[C@H]1CC(c2ccccc2Cl)=NO1. The molecular formula is C23H24ClFN2O2. The number of nitrogens with zero attached hydrogens (tertiary/aromatic N) is 2. The fourth-order valence-corrected chi connectivity index (χ4v) is 4.37. The Morgan fingerprint density at radius 2 is 1.86 bits per heavy atom. The molecule has 0 N–H and O–H groups in total. The van der Waals surface area contributed by atoms with Crippen molar-refractivity contribution < 1.29 is 14.0 Å². The summed E-state index contributed by atoms with van der Waals surface area (Å²) in [6.07, 6.45) is 4.25. The van der Waals surface area contributed by atoms with Gasteiger partial charge in [-0.3, -0.25) is 4.79 Å². The van der Waals surface area contributed by atoms with Crippen LogP contribution < -0.4 is 0 Å². The van der Waals surface area contributed by atoms with E-state index in [0.717, 1.165) is 37.0 Å². The smallest absolute Gasteiger partial charge is 0.226 e. The van der Waals surface area contributed by atoms with Gasteiger partial charge in [0.1, 0.15) is 5.82 Å². The molecule has 4 nitrogen and oxygen atoms in total. The lowest BCUT2D eigenvalue weighted by Crippen LogP contribution is -2.40. The van der Waals surface area contributed by atoms with Crippen LogP contribution >= 0.6 is 11.6 Å². The van der Waals surface area contributed by atoms with Crippen LogP contribution in [-0.2, 0) is 16.2 Å². The Balaban J connectivity index is 1.48. The number of carbonyl (C=O) groups is 1. The number of amides is 1. The number of oxime groups is 1. The maximum Gasteiger partial charge on any atom is 0.226 e. The molecule has 29 heavy (non-hydrogen) atoms. The summed E-state index contributed by atoms with van der Waals surface area (Å²) >= 11 is 6.28. The van der Waals surface area contributed by atoms with E-state index in [9.17, 15) is 9.18 Å². The molecule has 0 unspecified atom stereocenters. The molecule has 0 bridgehead atoms. The van der Waals surface area contributed by atoms with Crippen LogP contribution in [0.25, 0.3) is 0 Å². The highest BCUT2D eigenvalue weighted by molar-refractivity contribution is 6.34. The molecule has 2 aliphatic rings. The molecule has 0 spiro atoms. The van der Waals surface area contributed by atoms with Gasteiger partial charge in [-0.2, -0.15) is 0 Å². The molecule has 1 fully saturated rings. The van der Waals surface area contributed by atoms with Gasteiger partial charge in [0.25, 0.3) is 0 Å². The quantitative estimate of drug-likeness (QED) is 0.652. The van der Waals surface area contributed by atoms with Crippen LogP contribution in [0, 0.1) is 11.7 Å². The van der Waals surface area contributed by atoms with Crippen LogP contribution in [-0.4, -0.2) is 29.2 Å². The van der Waals surface area contributed by atoms with Gasteiger partial charge in [0, 0.05) is 35.0 Å². The Labute approximate surface area is 175 Å². The summed E-state index contributed by atoms with van der Waals surface area (Å²) in [4.78, 5) is 20.5. The molecule has 2 aromatic rings. The van der Waals surface area contributed by atoms with Crippen molar-refractivity contribution in [3.05, 3.63) is 70.5 Å². The van der Waals surface area contributed by atoms with Crippen molar-refractivity contribution in [3.63, 3.8) is 0 Å². The van der Waals surface area contributed by atoms with Crippen molar-refractivity contribution in [3.8, 4) is 0 Å². The van der Waals surface area contributed by atoms with Gasteiger partial charge >= 0.3 is 0 Å². The minimum absolute atomic E-state index is 0.0205. The molecule has 152 valence electrons. The van der Waals surface area contributed by atoms with E-state index in [1.807, 2.05) is 24.3 Å². The van der Waals surface area contributed by atoms with E-state index >= 15 is 0 Å².